The third-order valence-corrected chi connectivity index (χ3v) is 4.74. The van der Waals surface area contributed by atoms with Gasteiger partial charge in [0.05, 0.1) is 5.69 Å². The monoisotopic (exact) mass is 399 g/mol. The Kier molecular flexibility index (Phi) is 6.87. The largest absolute Gasteiger partial charge is 0.403 e. The number of amidine groups is 1. The summed E-state index contributed by atoms with van der Waals surface area (Å²) in [4.78, 5) is 11.2. The zero-order valence-electron chi connectivity index (χ0n) is 17.1. The van der Waals surface area contributed by atoms with Crippen molar-refractivity contribution in [2.75, 3.05) is 25.0 Å². The number of benzene rings is 1. The third-order valence-electron chi connectivity index (χ3n) is 4.74. The van der Waals surface area contributed by atoms with E-state index in [0.29, 0.717) is 47.5 Å². The molecule has 0 atom stereocenters. The fraction of sp³-hybridized carbons (Fsp3) is 0.429. The molecule has 1 aromatic carbocycles. The molecule has 2 heterocycles. The molecule has 0 amide bonds. The lowest BCUT2D eigenvalue weighted by Gasteiger charge is -2.26. The number of rotatable bonds is 6. The average Bonchev–Trinajstić information content (AvgIpc) is 3.00. The smallest absolute Gasteiger partial charge is 0.209 e. The Labute approximate surface area is 171 Å². The quantitative estimate of drug-likeness (QED) is 0.590. The lowest BCUT2D eigenvalue weighted by atomic mass is 10.1. The van der Waals surface area contributed by atoms with E-state index in [2.05, 4.69) is 41.4 Å². The Morgan fingerprint density at radius 2 is 2.14 bits per heavy atom. The van der Waals surface area contributed by atoms with E-state index in [9.17, 15) is 4.39 Å². The molecule has 156 valence electrons. The highest BCUT2D eigenvalue weighted by Gasteiger charge is 2.30. The Morgan fingerprint density at radius 1 is 1.41 bits per heavy atom. The van der Waals surface area contributed by atoms with Crippen LogP contribution in [0.4, 0.5) is 10.1 Å². The number of guanidine groups is 1. The molecule has 0 aliphatic carbocycles. The average molecular weight is 400 g/mol. The van der Waals surface area contributed by atoms with Crippen LogP contribution >= 0.6 is 0 Å². The van der Waals surface area contributed by atoms with Gasteiger partial charge in [0, 0.05) is 18.8 Å². The first-order valence-electron chi connectivity index (χ1n) is 10.0. The van der Waals surface area contributed by atoms with E-state index in [0.717, 1.165) is 25.9 Å². The Morgan fingerprint density at radius 3 is 2.79 bits per heavy atom. The van der Waals surface area contributed by atoms with Crippen molar-refractivity contribution in [1.29, 1.82) is 0 Å². The summed E-state index contributed by atoms with van der Waals surface area (Å²) in [5, 5.41) is 9.81. The minimum absolute atomic E-state index is 0.329. The van der Waals surface area contributed by atoms with Gasteiger partial charge in [-0.3, -0.25) is 4.90 Å². The summed E-state index contributed by atoms with van der Waals surface area (Å²) in [5.74, 6) is 1.65. The van der Waals surface area contributed by atoms with Crippen LogP contribution in [-0.4, -0.2) is 42.4 Å². The van der Waals surface area contributed by atoms with Crippen molar-refractivity contribution in [3.05, 3.63) is 54.4 Å². The summed E-state index contributed by atoms with van der Waals surface area (Å²) >= 11 is 0. The molecule has 2 aliphatic rings. The van der Waals surface area contributed by atoms with Gasteiger partial charge in [0.2, 0.25) is 5.96 Å². The molecule has 0 spiro atoms. The molecular weight excluding hydrogens is 369 g/mol. The van der Waals surface area contributed by atoms with E-state index >= 15 is 0 Å². The second kappa shape index (κ2) is 9.56. The number of nitrogens with zero attached hydrogens (tertiary/aromatic N) is 3. The van der Waals surface area contributed by atoms with E-state index < -0.39 is 0 Å². The lowest BCUT2D eigenvalue weighted by Crippen LogP contribution is -2.41. The van der Waals surface area contributed by atoms with Gasteiger partial charge in [0.1, 0.15) is 17.3 Å². The van der Waals surface area contributed by atoms with Crippen LogP contribution in [0.3, 0.4) is 0 Å². The number of anilines is 1. The van der Waals surface area contributed by atoms with Crippen molar-refractivity contribution in [2.24, 2.45) is 21.6 Å². The molecule has 3 rings (SSSR count). The van der Waals surface area contributed by atoms with Crippen LogP contribution in [0, 0.1) is 11.7 Å². The Hall–Kier alpha value is -2.87. The van der Waals surface area contributed by atoms with Crippen molar-refractivity contribution >= 4 is 17.5 Å². The van der Waals surface area contributed by atoms with Crippen LogP contribution in [0.2, 0.25) is 0 Å². The van der Waals surface area contributed by atoms with Gasteiger partial charge in [0.15, 0.2) is 5.84 Å². The van der Waals surface area contributed by atoms with Crippen LogP contribution in [0.15, 0.2) is 58.5 Å². The summed E-state index contributed by atoms with van der Waals surface area (Å²) in [6.07, 6.45) is 3.46. The third kappa shape index (κ3) is 5.35. The first kappa shape index (κ1) is 20.9. The predicted molar refractivity (Wildman–Crippen MR) is 117 cm³/mol. The minimum Gasteiger partial charge on any atom is -0.403 e. The van der Waals surface area contributed by atoms with Crippen LogP contribution in [0.25, 0.3) is 0 Å². The second-order valence-corrected chi connectivity index (χ2v) is 7.65. The number of hydrogen-bond donors (Lipinski definition) is 4. The minimum atomic E-state index is -0.347. The zero-order valence-corrected chi connectivity index (χ0v) is 17.1. The maximum atomic E-state index is 14.1. The fourth-order valence-corrected chi connectivity index (χ4v) is 3.37. The number of halogens is 1. The SMILES string of the molecule is C=C(/N=C1\C(=C/N)N=C(Nc2ccccc2F)N1CC(C)C)NC1CCNCC1. The molecule has 8 heteroatoms. The maximum Gasteiger partial charge on any atom is 0.209 e. The molecule has 7 nitrogen and oxygen atoms in total. The van der Waals surface area contributed by atoms with Crippen molar-refractivity contribution in [3.63, 3.8) is 0 Å². The molecule has 1 saturated heterocycles. The summed E-state index contributed by atoms with van der Waals surface area (Å²) in [7, 11) is 0. The van der Waals surface area contributed by atoms with Gasteiger partial charge in [0.25, 0.3) is 0 Å². The molecule has 5 N–H and O–H groups in total. The number of hydrogen-bond acceptors (Lipinski definition) is 6. The predicted octanol–water partition coefficient (Wildman–Crippen LogP) is 2.58. The summed E-state index contributed by atoms with van der Waals surface area (Å²) in [6, 6.07) is 6.84. The van der Waals surface area contributed by atoms with E-state index in [1.807, 2.05) is 4.90 Å². The van der Waals surface area contributed by atoms with Gasteiger partial charge >= 0.3 is 0 Å². The normalized spacial score (nSPS) is 20.4. The number of nitrogens with two attached hydrogens (primary N) is 1. The number of nitrogens with one attached hydrogen (secondary N) is 3. The molecule has 1 fully saturated rings. The summed E-state index contributed by atoms with van der Waals surface area (Å²) in [5.41, 5.74) is 6.70. The first-order chi connectivity index (χ1) is 14.0. The molecule has 0 bridgehead atoms. The van der Waals surface area contributed by atoms with Crippen LogP contribution in [0.1, 0.15) is 26.7 Å². The van der Waals surface area contributed by atoms with Gasteiger partial charge in [-0.05, 0) is 44.0 Å². The van der Waals surface area contributed by atoms with Crippen molar-refractivity contribution in [1.82, 2.24) is 15.5 Å². The number of para-hydroxylation sites is 1. The summed E-state index contributed by atoms with van der Waals surface area (Å²) < 4.78 is 14.1. The highest BCUT2D eigenvalue weighted by Crippen LogP contribution is 2.22. The second-order valence-electron chi connectivity index (χ2n) is 7.65. The molecule has 0 unspecified atom stereocenters. The zero-order chi connectivity index (χ0) is 20.8. The van der Waals surface area contributed by atoms with E-state index in [1.54, 1.807) is 18.2 Å². The van der Waals surface area contributed by atoms with Gasteiger partial charge in [-0.25, -0.2) is 14.4 Å². The molecule has 2 aliphatic heterocycles. The molecule has 0 aromatic heterocycles. The molecule has 0 saturated carbocycles. The van der Waals surface area contributed by atoms with Gasteiger partial charge in [-0.15, -0.1) is 0 Å². The van der Waals surface area contributed by atoms with Gasteiger partial charge in [-0.1, -0.05) is 32.6 Å². The highest BCUT2D eigenvalue weighted by molar-refractivity contribution is 6.18. The maximum absolute atomic E-state index is 14.1. The van der Waals surface area contributed by atoms with Crippen LogP contribution in [-0.2, 0) is 0 Å². The topological polar surface area (TPSA) is 90.1 Å². The molecule has 1 aromatic rings. The molecule has 29 heavy (non-hydrogen) atoms. The Bertz CT molecular complexity index is 822. The lowest BCUT2D eigenvalue weighted by molar-refractivity contribution is 0.410. The van der Waals surface area contributed by atoms with Gasteiger partial charge < -0.3 is 21.7 Å². The fourth-order valence-electron chi connectivity index (χ4n) is 3.37. The number of piperidine rings is 1. The summed E-state index contributed by atoms with van der Waals surface area (Å²) in [6.45, 7) is 10.9. The van der Waals surface area contributed by atoms with E-state index in [1.165, 1.54) is 12.3 Å². The van der Waals surface area contributed by atoms with Crippen molar-refractivity contribution in [3.8, 4) is 0 Å². The number of aliphatic imine (C=N–C) groups is 2. The van der Waals surface area contributed by atoms with E-state index in [4.69, 9.17) is 10.7 Å². The van der Waals surface area contributed by atoms with Crippen molar-refractivity contribution < 1.29 is 4.39 Å². The van der Waals surface area contributed by atoms with Crippen LogP contribution in [0.5, 0.6) is 0 Å². The van der Waals surface area contributed by atoms with Gasteiger partial charge in [-0.2, -0.15) is 0 Å². The van der Waals surface area contributed by atoms with E-state index in [-0.39, 0.29) is 5.82 Å². The highest BCUT2D eigenvalue weighted by atomic mass is 19.1. The Balaban J connectivity index is 1.83. The molecule has 0 radical (unpaired) electrons. The molecular formula is C21H30FN7. The van der Waals surface area contributed by atoms with Crippen molar-refractivity contribution in [2.45, 2.75) is 32.7 Å². The van der Waals surface area contributed by atoms with Crippen LogP contribution < -0.4 is 21.7 Å². The standard InChI is InChI=1S/C21H30FN7/c1-14(2)13-29-20(26-15(3)25-16-8-10-24-11-9-16)19(12-23)28-21(29)27-18-7-5-4-6-17(18)22/h4-7,12,14,16,24-25H,3,8-11,13,23H2,1-2H3,(H,27,28)/b19-12+,26-20+. The first-order valence-corrected chi connectivity index (χ1v) is 10.0.